The first-order valence-corrected chi connectivity index (χ1v) is 11.6. The van der Waals surface area contributed by atoms with Crippen LogP contribution >= 0.6 is 22.7 Å². The predicted octanol–water partition coefficient (Wildman–Crippen LogP) is 3.57. The first kappa shape index (κ1) is 20.0. The molecule has 29 heavy (non-hydrogen) atoms. The van der Waals surface area contributed by atoms with Gasteiger partial charge in [-0.1, -0.05) is 11.3 Å². The van der Waals surface area contributed by atoms with E-state index in [1.165, 1.54) is 11.3 Å². The molecule has 1 fully saturated rings. The Morgan fingerprint density at radius 3 is 2.38 bits per heavy atom. The van der Waals surface area contributed by atoms with Gasteiger partial charge in [0.2, 0.25) is 0 Å². The molecular formula is C20H26N6OS2. The molecule has 0 radical (unpaired) electrons. The average Bonchev–Trinajstić information content (AvgIpc) is 3.27. The number of rotatable bonds is 5. The van der Waals surface area contributed by atoms with Gasteiger partial charge < -0.3 is 14.7 Å². The van der Waals surface area contributed by atoms with E-state index in [1.807, 2.05) is 30.9 Å². The molecule has 0 unspecified atom stereocenters. The van der Waals surface area contributed by atoms with Crippen LogP contribution in [-0.2, 0) is 0 Å². The monoisotopic (exact) mass is 430 g/mol. The first-order chi connectivity index (χ1) is 14.0. The Labute approximate surface area is 179 Å². The van der Waals surface area contributed by atoms with E-state index in [9.17, 15) is 4.79 Å². The highest BCUT2D eigenvalue weighted by molar-refractivity contribution is 7.29. The summed E-state index contributed by atoms with van der Waals surface area (Å²) < 4.78 is 1.10. The van der Waals surface area contributed by atoms with Crippen LogP contribution in [0.2, 0.25) is 0 Å². The Morgan fingerprint density at radius 2 is 1.76 bits per heavy atom. The molecular weight excluding hydrogens is 404 g/mol. The first-order valence-electron chi connectivity index (χ1n) is 10.00. The molecule has 0 aliphatic carbocycles. The maximum atomic E-state index is 13.0. The van der Waals surface area contributed by atoms with E-state index < -0.39 is 0 Å². The van der Waals surface area contributed by atoms with Gasteiger partial charge in [-0.05, 0) is 33.8 Å². The Balaban J connectivity index is 1.43. The molecule has 1 aliphatic rings. The quantitative estimate of drug-likeness (QED) is 0.617. The number of fused-ring (bicyclic) bond motifs is 1. The predicted molar refractivity (Wildman–Crippen MR) is 121 cm³/mol. The summed E-state index contributed by atoms with van der Waals surface area (Å²) in [6.07, 6.45) is 0. The number of nitrogens with zero attached hydrogens (tertiary/aromatic N) is 6. The third-order valence-electron chi connectivity index (χ3n) is 5.17. The van der Waals surface area contributed by atoms with E-state index in [4.69, 9.17) is 4.98 Å². The number of aryl methyl sites for hydroxylation is 2. The molecule has 9 heteroatoms. The van der Waals surface area contributed by atoms with E-state index in [0.29, 0.717) is 13.1 Å². The van der Waals surface area contributed by atoms with Crippen molar-refractivity contribution < 1.29 is 4.79 Å². The second-order valence-electron chi connectivity index (χ2n) is 7.14. The van der Waals surface area contributed by atoms with Crippen LogP contribution in [0.1, 0.15) is 35.0 Å². The van der Waals surface area contributed by atoms with Crippen LogP contribution in [0.5, 0.6) is 0 Å². The van der Waals surface area contributed by atoms with Gasteiger partial charge in [-0.3, -0.25) is 4.79 Å². The summed E-state index contributed by atoms with van der Waals surface area (Å²) in [6.45, 7) is 13.0. The molecule has 0 bridgehead atoms. The molecule has 1 amide bonds. The smallest absolute Gasteiger partial charge is 0.264 e. The van der Waals surface area contributed by atoms with Gasteiger partial charge in [0.25, 0.3) is 5.91 Å². The lowest BCUT2D eigenvalue weighted by molar-refractivity contribution is 0.0751. The van der Waals surface area contributed by atoms with Crippen molar-refractivity contribution in [1.29, 1.82) is 0 Å². The van der Waals surface area contributed by atoms with Crippen LogP contribution in [0.4, 0.5) is 10.9 Å². The summed E-state index contributed by atoms with van der Waals surface area (Å²) >= 11 is 3.18. The van der Waals surface area contributed by atoms with E-state index in [2.05, 4.69) is 33.6 Å². The van der Waals surface area contributed by atoms with Crippen molar-refractivity contribution in [2.45, 2.75) is 27.7 Å². The zero-order chi connectivity index (χ0) is 20.5. The third kappa shape index (κ3) is 4.06. The summed E-state index contributed by atoms with van der Waals surface area (Å²) in [5.41, 5.74) is 0.973. The molecule has 0 saturated carbocycles. The molecule has 0 N–H and O–H groups in total. The van der Waals surface area contributed by atoms with Gasteiger partial charge in [-0.2, -0.15) is 0 Å². The molecule has 4 heterocycles. The minimum absolute atomic E-state index is 0.110. The zero-order valence-electron chi connectivity index (χ0n) is 17.3. The summed E-state index contributed by atoms with van der Waals surface area (Å²) in [5, 5.41) is 1.04. The molecule has 7 nitrogen and oxygen atoms in total. The summed E-state index contributed by atoms with van der Waals surface area (Å²) in [6, 6.07) is 4.02. The minimum atomic E-state index is 0.110. The normalized spacial score (nSPS) is 14.6. The third-order valence-corrected chi connectivity index (χ3v) is 7.38. The van der Waals surface area contributed by atoms with E-state index in [-0.39, 0.29) is 5.91 Å². The van der Waals surface area contributed by atoms with Crippen molar-refractivity contribution in [3.8, 4) is 0 Å². The molecule has 0 aromatic carbocycles. The van der Waals surface area contributed by atoms with Gasteiger partial charge in [0, 0.05) is 51.0 Å². The highest BCUT2D eigenvalue weighted by Crippen LogP contribution is 2.35. The summed E-state index contributed by atoms with van der Waals surface area (Å²) in [5.74, 6) is 1.85. The van der Waals surface area contributed by atoms with Gasteiger partial charge in [-0.25, -0.2) is 15.0 Å². The Hall–Kier alpha value is -2.26. The van der Waals surface area contributed by atoms with E-state index in [0.717, 1.165) is 63.1 Å². The fourth-order valence-electron chi connectivity index (χ4n) is 3.61. The molecule has 1 saturated heterocycles. The van der Waals surface area contributed by atoms with Gasteiger partial charge in [0.15, 0.2) is 5.13 Å². The maximum absolute atomic E-state index is 13.0. The number of aromatic nitrogens is 3. The Morgan fingerprint density at radius 1 is 1.03 bits per heavy atom. The summed E-state index contributed by atoms with van der Waals surface area (Å²) in [4.78, 5) is 34.8. The second kappa shape index (κ2) is 8.23. The molecule has 154 valence electrons. The lowest BCUT2D eigenvalue weighted by atomic mass is 10.2. The standard InChI is InChI=1S/C20H26N6OS2/c1-5-24(6-2)20-23-18-15(29-20)12-16(28-18)19(27)26-9-7-25(8-10-26)17-11-13(3)21-14(4)22-17/h11-12H,5-10H2,1-4H3. The van der Waals surface area contributed by atoms with Crippen LogP contribution in [0, 0.1) is 13.8 Å². The van der Waals surface area contributed by atoms with Gasteiger partial charge >= 0.3 is 0 Å². The number of carbonyl (C=O) groups excluding carboxylic acids is 1. The van der Waals surface area contributed by atoms with Gasteiger partial charge in [0.05, 0.1) is 9.58 Å². The van der Waals surface area contributed by atoms with Crippen molar-refractivity contribution in [3.63, 3.8) is 0 Å². The molecule has 0 spiro atoms. The zero-order valence-corrected chi connectivity index (χ0v) is 18.9. The van der Waals surface area contributed by atoms with Crippen LogP contribution in [-0.4, -0.2) is 65.0 Å². The number of anilines is 2. The number of thiophene rings is 1. The van der Waals surface area contributed by atoms with Crippen LogP contribution in [0.15, 0.2) is 12.1 Å². The Kier molecular flexibility index (Phi) is 5.69. The number of amides is 1. The van der Waals surface area contributed by atoms with E-state index in [1.54, 1.807) is 11.3 Å². The number of hydrogen-bond donors (Lipinski definition) is 0. The lowest BCUT2D eigenvalue weighted by Gasteiger charge is -2.35. The molecule has 4 rings (SSSR count). The van der Waals surface area contributed by atoms with Crippen LogP contribution in [0.25, 0.3) is 9.53 Å². The fourth-order valence-corrected chi connectivity index (χ4v) is 5.92. The van der Waals surface area contributed by atoms with Crippen LogP contribution in [0.3, 0.4) is 0 Å². The number of piperazine rings is 1. The molecule has 0 atom stereocenters. The van der Waals surface area contributed by atoms with E-state index >= 15 is 0 Å². The van der Waals surface area contributed by atoms with Crippen molar-refractivity contribution in [3.05, 3.63) is 28.5 Å². The topological polar surface area (TPSA) is 65.5 Å². The average molecular weight is 431 g/mol. The molecule has 3 aromatic heterocycles. The highest BCUT2D eigenvalue weighted by Gasteiger charge is 2.25. The SMILES string of the molecule is CCN(CC)c1nc2sc(C(=O)N3CCN(c4cc(C)nc(C)n4)CC3)cc2s1. The van der Waals surface area contributed by atoms with Crippen molar-refractivity contribution >= 4 is 49.1 Å². The molecule has 1 aliphatic heterocycles. The number of thiazole rings is 1. The highest BCUT2D eigenvalue weighted by atomic mass is 32.1. The largest absolute Gasteiger partial charge is 0.353 e. The summed E-state index contributed by atoms with van der Waals surface area (Å²) in [7, 11) is 0. The molecule has 3 aromatic rings. The number of carbonyl (C=O) groups is 1. The van der Waals surface area contributed by atoms with Crippen molar-refractivity contribution in [2.75, 3.05) is 49.1 Å². The van der Waals surface area contributed by atoms with Gasteiger partial charge in [-0.15, -0.1) is 11.3 Å². The number of hydrogen-bond acceptors (Lipinski definition) is 8. The van der Waals surface area contributed by atoms with Crippen molar-refractivity contribution in [2.24, 2.45) is 0 Å². The second-order valence-corrected chi connectivity index (χ2v) is 9.18. The van der Waals surface area contributed by atoms with Crippen molar-refractivity contribution in [1.82, 2.24) is 19.9 Å². The fraction of sp³-hybridized carbons (Fsp3) is 0.500. The maximum Gasteiger partial charge on any atom is 0.264 e. The Bertz CT molecular complexity index is 966. The van der Waals surface area contributed by atoms with Crippen LogP contribution < -0.4 is 9.80 Å². The minimum Gasteiger partial charge on any atom is -0.353 e. The lowest BCUT2D eigenvalue weighted by Crippen LogP contribution is -2.49. The van der Waals surface area contributed by atoms with Gasteiger partial charge in [0.1, 0.15) is 16.5 Å².